The SMILES string of the molecule is CC(C)(c1ccc(O)cc1)c1ccc(OC(=O)Oc2ccccc2)cc1.O=C(Oc1ccccc1)Oc1ccccc1.Oc1ccccc1. The van der Waals surface area contributed by atoms with Crippen LogP contribution in [0.25, 0.3) is 0 Å². The molecule has 6 aromatic rings. The van der Waals surface area contributed by atoms with Crippen LogP contribution in [-0.2, 0) is 5.41 Å². The first kappa shape index (κ1) is 35.3. The highest BCUT2D eigenvalue weighted by atomic mass is 16.7. The Morgan fingerprint density at radius 2 is 0.653 bits per heavy atom. The number of phenolic OH excluding ortho intramolecular Hbond substituents is 2. The highest BCUT2D eigenvalue weighted by Gasteiger charge is 2.23. The predicted molar refractivity (Wildman–Crippen MR) is 187 cm³/mol. The minimum Gasteiger partial charge on any atom is -0.508 e. The lowest BCUT2D eigenvalue weighted by Crippen LogP contribution is -2.19. The fourth-order valence-electron chi connectivity index (χ4n) is 4.30. The molecule has 0 unspecified atom stereocenters. The van der Waals surface area contributed by atoms with Crippen LogP contribution >= 0.6 is 0 Å². The molecule has 0 bridgehead atoms. The number of benzene rings is 6. The van der Waals surface area contributed by atoms with Gasteiger partial charge in [0.15, 0.2) is 0 Å². The van der Waals surface area contributed by atoms with Gasteiger partial charge in [-0.05, 0) is 83.9 Å². The van der Waals surface area contributed by atoms with E-state index in [1.54, 1.807) is 121 Å². The van der Waals surface area contributed by atoms with Crippen molar-refractivity contribution in [1.29, 1.82) is 0 Å². The highest BCUT2D eigenvalue weighted by Crippen LogP contribution is 2.33. The first-order valence-electron chi connectivity index (χ1n) is 15.3. The second-order valence-electron chi connectivity index (χ2n) is 10.9. The predicted octanol–water partition coefficient (Wildman–Crippen LogP) is 9.95. The number of carbonyl (C=O) groups is 2. The van der Waals surface area contributed by atoms with Crippen molar-refractivity contribution in [2.24, 2.45) is 0 Å². The summed E-state index contributed by atoms with van der Waals surface area (Å²) in [5, 5.41) is 18.1. The van der Waals surface area contributed by atoms with Gasteiger partial charge in [-0.15, -0.1) is 0 Å². The minimum atomic E-state index is -0.776. The monoisotopic (exact) mass is 656 g/mol. The van der Waals surface area contributed by atoms with Gasteiger partial charge in [-0.3, -0.25) is 0 Å². The molecule has 0 aromatic heterocycles. The van der Waals surface area contributed by atoms with Crippen molar-refractivity contribution >= 4 is 12.3 Å². The number of hydrogen-bond donors (Lipinski definition) is 2. The summed E-state index contributed by atoms with van der Waals surface area (Å²) in [7, 11) is 0. The zero-order valence-electron chi connectivity index (χ0n) is 27.0. The van der Waals surface area contributed by atoms with E-state index >= 15 is 0 Å². The smallest absolute Gasteiger partial charge is 0.508 e. The van der Waals surface area contributed by atoms with E-state index in [0.29, 0.717) is 28.7 Å². The third kappa shape index (κ3) is 12.0. The summed E-state index contributed by atoms with van der Waals surface area (Å²) in [5.41, 5.74) is 1.89. The normalized spacial score (nSPS) is 10.2. The van der Waals surface area contributed by atoms with E-state index in [-0.39, 0.29) is 11.2 Å². The van der Waals surface area contributed by atoms with Gasteiger partial charge in [0.05, 0.1) is 0 Å². The molecule has 0 fully saturated rings. The Balaban J connectivity index is 0.000000198. The topological polar surface area (TPSA) is 112 Å². The molecule has 0 spiro atoms. The Morgan fingerprint density at radius 3 is 0.959 bits per heavy atom. The molecule has 0 atom stereocenters. The van der Waals surface area contributed by atoms with Gasteiger partial charge in [0.2, 0.25) is 0 Å². The summed E-state index contributed by atoms with van der Waals surface area (Å²) < 4.78 is 20.2. The third-order valence-corrected chi connectivity index (χ3v) is 6.96. The average molecular weight is 657 g/mol. The molecule has 6 rings (SSSR count). The molecule has 0 heterocycles. The third-order valence-electron chi connectivity index (χ3n) is 6.96. The molecule has 0 saturated carbocycles. The van der Waals surface area contributed by atoms with Crippen molar-refractivity contribution < 1.29 is 38.7 Å². The van der Waals surface area contributed by atoms with Crippen molar-refractivity contribution in [2.75, 3.05) is 0 Å². The minimum absolute atomic E-state index is 0.241. The lowest BCUT2D eigenvalue weighted by atomic mass is 9.78. The molecule has 0 aliphatic carbocycles. The molecule has 0 saturated heterocycles. The Morgan fingerprint density at radius 1 is 0.388 bits per heavy atom. The van der Waals surface area contributed by atoms with Gasteiger partial charge < -0.3 is 29.2 Å². The second-order valence-corrected chi connectivity index (χ2v) is 10.9. The lowest BCUT2D eigenvalue weighted by Gasteiger charge is -2.26. The number of ether oxygens (including phenoxy) is 4. The zero-order chi connectivity index (χ0) is 34.9. The Bertz CT molecular complexity index is 1800. The molecule has 248 valence electrons. The van der Waals surface area contributed by atoms with Crippen LogP contribution in [0.4, 0.5) is 9.59 Å². The van der Waals surface area contributed by atoms with E-state index in [1.165, 1.54) is 0 Å². The maximum Gasteiger partial charge on any atom is 0.519 e. The summed E-state index contributed by atoms with van der Waals surface area (Å²) in [6.45, 7) is 4.19. The Labute approximate surface area is 285 Å². The van der Waals surface area contributed by atoms with Crippen LogP contribution in [0.1, 0.15) is 25.0 Å². The first-order chi connectivity index (χ1) is 23.7. The number of phenols is 2. The van der Waals surface area contributed by atoms with Crippen molar-refractivity contribution in [3.8, 4) is 34.5 Å². The fourth-order valence-corrected chi connectivity index (χ4v) is 4.30. The number of rotatable bonds is 6. The standard InChI is InChI=1S/C22H20O4.C13H10O3.C6H6O/c1-22(2,16-8-12-18(23)13-9-16)17-10-14-20(15-11-17)26-21(24)25-19-6-4-3-5-7-19;14-13(15-11-7-3-1-4-8-11)16-12-9-5-2-6-10-12;7-6-4-2-1-3-5-6/h3-15,23H,1-2H3;1-10H;1-5,7H. The summed E-state index contributed by atoms with van der Waals surface area (Å²) in [5.74, 6) is 2.33. The number of para-hydroxylation sites is 4. The summed E-state index contributed by atoms with van der Waals surface area (Å²) in [6.07, 6.45) is -1.51. The van der Waals surface area contributed by atoms with Crippen LogP contribution in [-0.4, -0.2) is 22.5 Å². The zero-order valence-corrected chi connectivity index (χ0v) is 27.0. The molecule has 6 aromatic carbocycles. The summed E-state index contributed by atoms with van der Waals surface area (Å²) >= 11 is 0. The van der Waals surface area contributed by atoms with Crippen molar-refractivity contribution in [1.82, 2.24) is 0 Å². The Kier molecular flexibility index (Phi) is 13.0. The maximum absolute atomic E-state index is 11.8. The van der Waals surface area contributed by atoms with Crippen molar-refractivity contribution in [3.05, 3.63) is 181 Å². The lowest BCUT2D eigenvalue weighted by molar-refractivity contribution is 0.150. The molecule has 0 radical (unpaired) electrons. The van der Waals surface area contributed by atoms with Crippen molar-refractivity contribution in [3.63, 3.8) is 0 Å². The van der Waals surface area contributed by atoms with Gasteiger partial charge in [-0.25, -0.2) is 9.59 Å². The number of carbonyl (C=O) groups excluding carboxylic acids is 2. The van der Waals surface area contributed by atoms with Gasteiger partial charge in [0.25, 0.3) is 0 Å². The van der Waals surface area contributed by atoms with E-state index in [0.717, 1.165) is 11.1 Å². The molecular formula is C41H36O8. The van der Waals surface area contributed by atoms with Gasteiger partial charge >= 0.3 is 12.3 Å². The van der Waals surface area contributed by atoms with Gasteiger partial charge in [-0.2, -0.15) is 0 Å². The van der Waals surface area contributed by atoms with E-state index in [4.69, 9.17) is 24.1 Å². The van der Waals surface area contributed by atoms with E-state index < -0.39 is 12.3 Å². The molecule has 8 heteroatoms. The van der Waals surface area contributed by atoms with Crippen LogP contribution in [0, 0.1) is 0 Å². The number of aromatic hydroxyl groups is 2. The van der Waals surface area contributed by atoms with Gasteiger partial charge in [0.1, 0.15) is 34.5 Å². The fraction of sp³-hybridized carbons (Fsp3) is 0.0732. The van der Waals surface area contributed by atoms with E-state index in [2.05, 4.69) is 13.8 Å². The van der Waals surface area contributed by atoms with E-state index in [9.17, 15) is 14.7 Å². The highest BCUT2D eigenvalue weighted by molar-refractivity contribution is 5.67. The maximum atomic E-state index is 11.8. The molecule has 8 nitrogen and oxygen atoms in total. The molecular weight excluding hydrogens is 620 g/mol. The molecule has 0 amide bonds. The van der Waals surface area contributed by atoms with Gasteiger partial charge in [-0.1, -0.05) is 111 Å². The molecule has 2 N–H and O–H groups in total. The summed E-state index contributed by atoms with van der Waals surface area (Å²) in [6, 6.07) is 49.5. The molecule has 0 aliphatic rings. The first-order valence-corrected chi connectivity index (χ1v) is 15.3. The quantitative estimate of drug-likeness (QED) is 0.135. The molecule has 0 aliphatic heterocycles. The van der Waals surface area contributed by atoms with E-state index in [1.807, 2.05) is 48.5 Å². The van der Waals surface area contributed by atoms with Crippen LogP contribution in [0.2, 0.25) is 0 Å². The van der Waals surface area contributed by atoms with Crippen LogP contribution in [0.3, 0.4) is 0 Å². The summed E-state index contributed by atoms with van der Waals surface area (Å²) in [4.78, 5) is 23.2. The number of hydrogen-bond acceptors (Lipinski definition) is 8. The van der Waals surface area contributed by atoms with Crippen molar-refractivity contribution in [2.45, 2.75) is 19.3 Å². The van der Waals surface area contributed by atoms with Crippen LogP contribution in [0.15, 0.2) is 170 Å². The average Bonchev–Trinajstić information content (AvgIpc) is 3.11. The Hall–Kier alpha value is -6.54. The van der Waals surface area contributed by atoms with Gasteiger partial charge in [0, 0.05) is 5.41 Å². The second kappa shape index (κ2) is 18.0. The van der Waals surface area contributed by atoms with Crippen LogP contribution in [0.5, 0.6) is 34.5 Å². The van der Waals surface area contributed by atoms with Crippen LogP contribution < -0.4 is 18.9 Å². The molecule has 49 heavy (non-hydrogen) atoms. The largest absolute Gasteiger partial charge is 0.519 e.